The van der Waals surface area contributed by atoms with Crippen LogP contribution in [0.25, 0.3) is 28.0 Å². The predicted molar refractivity (Wildman–Crippen MR) is 97.4 cm³/mol. The second-order valence-electron chi connectivity index (χ2n) is 5.75. The van der Waals surface area contributed by atoms with Gasteiger partial charge < -0.3 is 4.74 Å². The number of aromatic nitrogens is 5. The maximum atomic E-state index is 6.39. The normalized spacial score (nSPS) is 11.2. The summed E-state index contributed by atoms with van der Waals surface area (Å²) >= 11 is 6.39. The van der Waals surface area contributed by atoms with Crippen LogP contribution in [0, 0.1) is 6.92 Å². The molecule has 126 valence electrons. The van der Waals surface area contributed by atoms with E-state index in [9.17, 15) is 0 Å². The Balaban J connectivity index is 1.95. The van der Waals surface area contributed by atoms with E-state index in [4.69, 9.17) is 16.3 Å². The molecule has 0 radical (unpaired) electrons. The van der Waals surface area contributed by atoms with E-state index in [2.05, 4.69) is 15.2 Å². The minimum atomic E-state index is 0.635. The van der Waals surface area contributed by atoms with E-state index in [0.717, 1.165) is 33.7 Å². The van der Waals surface area contributed by atoms with Crippen molar-refractivity contribution in [1.82, 2.24) is 24.5 Å². The van der Waals surface area contributed by atoms with Crippen LogP contribution in [0.3, 0.4) is 0 Å². The highest BCUT2D eigenvalue weighted by atomic mass is 35.5. The zero-order chi connectivity index (χ0) is 17.6. The van der Waals surface area contributed by atoms with Crippen molar-refractivity contribution in [2.75, 3.05) is 7.11 Å². The lowest BCUT2D eigenvalue weighted by atomic mass is 10.1. The first-order valence-electron chi connectivity index (χ1n) is 7.77. The molecule has 0 atom stereocenters. The molecule has 0 aliphatic heterocycles. The van der Waals surface area contributed by atoms with E-state index in [1.54, 1.807) is 22.7 Å². The largest absolute Gasteiger partial charge is 0.496 e. The number of halogens is 1. The van der Waals surface area contributed by atoms with Crippen molar-refractivity contribution >= 4 is 22.6 Å². The number of rotatable bonds is 3. The highest BCUT2D eigenvalue weighted by molar-refractivity contribution is 6.35. The van der Waals surface area contributed by atoms with Crippen molar-refractivity contribution in [2.24, 2.45) is 7.05 Å². The Morgan fingerprint density at radius 2 is 2.04 bits per heavy atom. The lowest BCUT2D eigenvalue weighted by molar-refractivity contribution is 0.416. The molecule has 0 amide bonds. The molecular formula is C18H16ClN5O. The number of hydrogen-bond donors (Lipinski definition) is 0. The second-order valence-corrected chi connectivity index (χ2v) is 6.16. The lowest BCUT2D eigenvalue weighted by Crippen LogP contribution is -1.97. The van der Waals surface area contributed by atoms with Gasteiger partial charge in [-0.3, -0.25) is 4.68 Å². The first-order chi connectivity index (χ1) is 12.1. The SMILES string of the molecule is COc1cc(-n2cccn2)ccc1-c1nn(C)c2c(Cl)cc(C)nc12. The standard InChI is InChI=1S/C18H16ClN5O/c1-11-9-14(19)18-17(21-11)16(22-23(18)2)13-6-5-12(10-15(13)25-3)24-8-4-7-20-24/h4-10H,1-3H3. The van der Waals surface area contributed by atoms with Crippen LogP contribution in [0.4, 0.5) is 0 Å². The molecular weight excluding hydrogens is 338 g/mol. The quantitative estimate of drug-likeness (QED) is 0.562. The van der Waals surface area contributed by atoms with Crippen LogP contribution in [0.2, 0.25) is 5.02 Å². The number of nitrogens with zero attached hydrogens (tertiary/aromatic N) is 5. The average molecular weight is 354 g/mol. The van der Waals surface area contributed by atoms with Gasteiger partial charge in [-0.1, -0.05) is 11.6 Å². The minimum absolute atomic E-state index is 0.635. The fourth-order valence-electron chi connectivity index (χ4n) is 2.97. The van der Waals surface area contributed by atoms with Crippen LogP contribution < -0.4 is 4.74 Å². The van der Waals surface area contributed by atoms with Gasteiger partial charge in [0.05, 0.1) is 17.8 Å². The molecule has 0 N–H and O–H groups in total. The van der Waals surface area contributed by atoms with E-state index in [-0.39, 0.29) is 0 Å². The zero-order valence-electron chi connectivity index (χ0n) is 14.1. The Morgan fingerprint density at radius 3 is 2.76 bits per heavy atom. The summed E-state index contributed by atoms with van der Waals surface area (Å²) in [5.41, 5.74) is 4.93. The van der Waals surface area contributed by atoms with E-state index in [1.807, 2.05) is 50.5 Å². The third-order valence-corrected chi connectivity index (χ3v) is 4.37. The third-order valence-electron chi connectivity index (χ3n) is 4.08. The monoisotopic (exact) mass is 353 g/mol. The van der Waals surface area contributed by atoms with E-state index in [1.165, 1.54) is 0 Å². The topological polar surface area (TPSA) is 57.8 Å². The van der Waals surface area contributed by atoms with Gasteiger partial charge in [0.2, 0.25) is 0 Å². The molecule has 25 heavy (non-hydrogen) atoms. The molecule has 7 heteroatoms. The number of aryl methyl sites for hydroxylation is 2. The van der Waals surface area contributed by atoms with Crippen LogP contribution >= 0.6 is 11.6 Å². The van der Waals surface area contributed by atoms with Crippen LogP contribution in [0.15, 0.2) is 42.7 Å². The summed E-state index contributed by atoms with van der Waals surface area (Å²) in [5.74, 6) is 0.701. The summed E-state index contributed by atoms with van der Waals surface area (Å²) in [5, 5.41) is 9.52. The number of methoxy groups -OCH3 is 1. The van der Waals surface area contributed by atoms with Gasteiger partial charge in [0.15, 0.2) is 0 Å². The molecule has 0 fully saturated rings. The molecule has 0 bridgehead atoms. The molecule has 3 aromatic heterocycles. The van der Waals surface area contributed by atoms with Crippen molar-refractivity contribution in [3.8, 4) is 22.7 Å². The van der Waals surface area contributed by atoms with Crippen molar-refractivity contribution < 1.29 is 4.74 Å². The van der Waals surface area contributed by atoms with E-state index >= 15 is 0 Å². The Kier molecular flexibility index (Phi) is 3.69. The van der Waals surface area contributed by atoms with Crippen LogP contribution in [0.5, 0.6) is 5.75 Å². The summed E-state index contributed by atoms with van der Waals surface area (Å²) in [6.45, 7) is 1.92. The molecule has 0 saturated heterocycles. The van der Waals surface area contributed by atoms with Gasteiger partial charge >= 0.3 is 0 Å². The Bertz CT molecular complexity index is 1070. The van der Waals surface area contributed by atoms with Crippen molar-refractivity contribution in [1.29, 1.82) is 0 Å². The van der Waals surface area contributed by atoms with Crippen LogP contribution in [0.1, 0.15) is 5.69 Å². The maximum absolute atomic E-state index is 6.39. The van der Waals surface area contributed by atoms with Gasteiger partial charge in [0.25, 0.3) is 0 Å². The number of ether oxygens (including phenoxy) is 1. The summed E-state index contributed by atoms with van der Waals surface area (Å²) in [6.07, 6.45) is 3.62. The van der Waals surface area contributed by atoms with Crippen molar-refractivity contribution in [3.05, 3.63) is 53.4 Å². The molecule has 4 rings (SSSR count). The van der Waals surface area contributed by atoms with Gasteiger partial charge in [-0.15, -0.1) is 0 Å². The summed E-state index contributed by atoms with van der Waals surface area (Å²) in [7, 11) is 3.50. The lowest BCUT2D eigenvalue weighted by Gasteiger charge is -2.09. The van der Waals surface area contributed by atoms with Gasteiger partial charge in [-0.05, 0) is 31.2 Å². The predicted octanol–water partition coefficient (Wildman–Crippen LogP) is 3.79. The van der Waals surface area contributed by atoms with Crippen LogP contribution in [-0.2, 0) is 7.05 Å². The van der Waals surface area contributed by atoms with Crippen molar-refractivity contribution in [3.63, 3.8) is 0 Å². The summed E-state index contributed by atoms with van der Waals surface area (Å²) in [6, 6.07) is 9.59. The zero-order valence-corrected chi connectivity index (χ0v) is 14.8. The molecule has 0 aliphatic carbocycles. The highest BCUT2D eigenvalue weighted by Crippen LogP contribution is 2.36. The van der Waals surface area contributed by atoms with E-state index < -0.39 is 0 Å². The summed E-state index contributed by atoms with van der Waals surface area (Å²) < 4.78 is 9.14. The summed E-state index contributed by atoms with van der Waals surface area (Å²) in [4.78, 5) is 4.64. The third kappa shape index (κ3) is 2.55. The first-order valence-corrected chi connectivity index (χ1v) is 8.14. The van der Waals surface area contributed by atoms with Crippen molar-refractivity contribution in [2.45, 2.75) is 6.92 Å². The van der Waals surface area contributed by atoms with Crippen LogP contribution in [-0.4, -0.2) is 31.7 Å². The molecule has 6 nitrogen and oxygen atoms in total. The average Bonchev–Trinajstić information content (AvgIpc) is 3.22. The molecule has 0 unspecified atom stereocenters. The van der Waals surface area contributed by atoms with Gasteiger partial charge in [0, 0.05) is 36.8 Å². The number of fused-ring (bicyclic) bond motifs is 1. The molecule has 0 spiro atoms. The molecule has 0 aliphatic rings. The second kappa shape index (κ2) is 5.89. The first kappa shape index (κ1) is 15.7. The molecule has 0 saturated carbocycles. The fourth-order valence-corrected chi connectivity index (χ4v) is 3.34. The molecule has 1 aromatic carbocycles. The Hall–Kier alpha value is -2.86. The number of benzene rings is 1. The van der Waals surface area contributed by atoms with Gasteiger partial charge in [0.1, 0.15) is 22.5 Å². The highest BCUT2D eigenvalue weighted by Gasteiger charge is 2.19. The smallest absolute Gasteiger partial charge is 0.130 e. The van der Waals surface area contributed by atoms with E-state index in [0.29, 0.717) is 10.8 Å². The van der Waals surface area contributed by atoms with Gasteiger partial charge in [-0.2, -0.15) is 10.2 Å². The Labute approximate surface area is 149 Å². The maximum Gasteiger partial charge on any atom is 0.130 e. The number of pyridine rings is 1. The molecule has 4 aromatic rings. The number of hydrogen-bond acceptors (Lipinski definition) is 4. The molecule has 3 heterocycles. The fraction of sp³-hybridized carbons (Fsp3) is 0.167. The van der Waals surface area contributed by atoms with Gasteiger partial charge in [-0.25, -0.2) is 9.67 Å². The minimum Gasteiger partial charge on any atom is -0.496 e. The Morgan fingerprint density at radius 1 is 1.20 bits per heavy atom.